The first-order valence-corrected chi connectivity index (χ1v) is 8.19. The summed E-state index contributed by atoms with van der Waals surface area (Å²) in [6.45, 7) is 2.62. The van der Waals surface area contributed by atoms with E-state index >= 15 is 0 Å². The normalized spacial score (nSPS) is 12.0. The average Bonchev–Trinajstić information content (AvgIpc) is 2.35. The zero-order valence-corrected chi connectivity index (χ0v) is 12.6. The molecule has 1 aromatic carbocycles. The van der Waals surface area contributed by atoms with Crippen LogP contribution in [0.4, 0.5) is 0 Å². The van der Waals surface area contributed by atoms with E-state index in [9.17, 15) is 8.42 Å². The van der Waals surface area contributed by atoms with E-state index in [0.29, 0.717) is 11.4 Å². The molecule has 0 N–H and O–H groups in total. The molecule has 0 heterocycles. The number of sulfonamides is 1. The molecule has 0 radical (unpaired) electrons. The van der Waals surface area contributed by atoms with Crippen molar-refractivity contribution in [2.45, 2.75) is 30.0 Å². The number of unbranched alkanes of at least 4 members (excludes halogenated alkanes) is 1. The molecule has 0 bridgehead atoms. The second-order valence-corrected chi connectivity index (χ2v) is 6.56. The van der Waals surface area contributed by atoms with Crippen molar-refractivity contribution in [2.75, 3.05) is 13.6 Å². The summed E-state index contributed by atoms with van der Waals surface area (Å²) in [6, 6.07) is 6.98. The maximum atomic E-state index is 12.2. The summed E-state index contributed by atoms with van der Waals surface area (Å²) >= 11 is 3.34. The van der Waals surface area contributed by atoms with Crippen molar-refractivity contribution in [1.29, 1.82) is 0 Å². The van der Waals surface area contributed by atoms with Gasteiger partial charge in [0.05, 0.1) is 4.90 Å². The first-order chi connectivity index (χ1) is 8.02. The Balaban J connectivity index is 2.88. The van der Waals surface area contributed by atoms with Crippen molar-refractivity contribution in [1.82, 2.24) is 4.31 Å². The lowest BCUT2D eigenvalue weighted by Crippen LogP contribution is -2.27. The third-order valence-corrected chi connectivity index (χ3v) is 5.13. The van der Waals surface area contributed by atoms with Crippen LogP contribution in [0.3, 0.4) is 0 Å². The van der Waals surface area contributed by atoms with Crippen LogP contribution < -0.4 is 0 Å². The molecule has 0 unspecified atom stereocenters. The fraction of sp³-hybridized carbons (Fsp3) is 0.500. The largest absolute Gasteiger partial charge is 0.242 e. The number of nitrogens with zero attached hydrogens (tertiary/aromatic N) is 1. The van der Waals surface area contributed by atoms with E-state index < -0.39 is 10.0 Å². The van der Waals surface area contributed by atoms with E-state index in [1.165, 1.54) is 4.31 Å². The van der Waals surface area contributed by atoms with Gasteiger partial charge in [0.2, 0.25) is 10.0 Å². The van der Waals surface area contributed by atoms with Crippen LogP contribution in [-0.2, 0) is 15.4 Å². The highest BCUT2D eigenvalue weighted by Crippen LogP contribution is 2.16. The molecule has 0 amide bonds. The second-order valence-electron chi connectivity index (χ2n) is 3.96. The van der Waals surface area contributed by atoms with Crippen molar-refractivity contribution in [3.63, 3.8) is 0 Å². The summed E-state index contributed by atoms with van der Waals surface area (Å²) in [7, 11) is -1.69. The molecule has 0 aliphatic heterocycles. The number of alkyl halides is 1. The summed E-state index contributed by atoms with van der Waals surface area (Å²) in [5, 5.41) is 0.735. The van der Waals surface area contributed by atoms with Gasteiger partial charge in [-0.3, -0.25) is 0 Å². The Hall–Kier alpha value is -0.390. The zero-order valence-electron chi connectivity index (χ0n) is 10.2. The highest BCUT2D eigenvalue weighted by atomic mass is 79.9. The van der Waals surface area contributed by atoms with Gasteiger partial charge in [0.15, 0.2) is 0 Å². The lowest BCUT2D eigenvalue weighted by molar-refractivity contribution is 0.459. The predicted molar refractivity (Wildman–Crippen MR) is 73.8 cm³/mol. The molecule has 0 spiro atoms. The molecule has 0 aromatic heterocycles. The lowest BCUT2D eigenvalue weighted by atomic mass is 10.2. The van der Waals surface area contributed by atoms with Gasteiger partial charge in [-0.25, -0.2) is 12.7 Å². The molecule has 0 atom stereocenters. The number of hydrogen-bond acceptors (Lipinski definition) is 2. The van der Waals surface area contributed by atoms with Crippen molar-refractivity contribution in [3.05, 3.63) is 29.8 Å². The molecular weight excluding hydrogens is 302 g/mol. The molecule has 0 aliphatic rings. The van der Waals surface area contributed by atoms with E-state index in [-0.39, 0.29) is 0 Å². The van der Waals surface area contributed by atoms with Gasteiger partial charge in [0, 0.05) is 18.9 Å². The van der Waals surface area contributed by atoms with E-state index in [4.69, 9.17) is 0 Å². The van der Waals surface area contributed by atoms with Crippen LogP contribution >= 0.6 is 15.9 Å². The highest BCUT2D eigenvalue weighted by Gasteiger charge is 2.19. The lowest BCUT2D eigenvalue weighted by Gasteiger charge is -2.16. The van der Waals surface area contributed by atoms with Gasteiger partial charge >= 0.3 is 0 Å². The van der Waals surface area contributed by atoms with E-state index in [1.807, 2.05) is 19.1 Å². The molecule has 3 nitrogen and oxygen atoms in total. The van der Waals surface area contributed by atoms with Crippen molar-refractivity contribution in [2.24, 2.45) is 0 Å². The molecule has 1 aromatic rings. The van der Waals surface area contributed by atoms with E-state index in [0.717, 1.165) is 23.7 Å². The minimum Gasteiger partial charge on any atom is -0.207 e. The first kappa shape index (κ1) is 14.7. The number of hydrogen-bond donors (Lipinski definition) is 0. The predicted octanol–water partition coefficient (Wildman–Crippen LogP) is 3.00. The maximum Gasteiger partial charge on any atom is 0.242 e. The SMILES string of the molecule is CCCCN(C)S(=O)(=O)c1ccc(CBr)cc1. The van der Waals surface area contributed by atoms with Gasteiger partial charge < -0.3 is 0 Å². The fourth-order valence-electron chi connectivity index (χ4n) is 1.43. The molecule has 96 valence electrons. The Kier molecular flexibility index (Phi) is 5.62. The summed E-state index contributed by atoms with van der Waals surface area (Å²) in [4.78, 5) is 0.362. The monoisotopic (exact) mass is 319 g/mol. The Morgan fingerprint density at radius 3 is 2.29 bits per heavy atom. The van der Waals surface area contributed by atoms with Crippen LogP contribution in [0.5, 0.6) is 0 Å². The standard InChI is InChI=1S/C12H18BrNO2S/c1-3-4-9-14(2)17(15,16)12-7-5-11(10-13)6-8-12/h5-8H,3-4,9-10H2,1-2H3. The van der Waals surface area contributed by atoms with Crippen LogP contribution in [0.25, 0.3) is 0 Å². The second kappa shape index (κ2) is 6.52. The summed E-state index contributed by atoms with van der Waals surface area (Å²) in [5.41, 5.74) is 1.07. The third kappa shape index (κ3) is 3.79. The summed E-state index contributed by atoms with van der Waals surface area (Å²) < 4.78 is 25.7. The maximum absolute atomic E-state index is 12.2. The third-order valence-electron chi connectivity index (χ3n) is 2.61. The molecule has 0 aliphatic carbocycles. The topological polar surface area (TPSA) is 37.4 Å². The zero-order chi connectivity index (χ0) is 12.9. The Bertz CT molecular complexity index is 442. The Morgan fingerprint density at radius 2 is 1.82 bits per heavy atom. The number of halogens is 1. The van der Waals surface area contributed by atoms with Crippen molar-refractivity contribution in [3.8, 4) is 0 Å². The van der Waals surface area contributed by atoms with E-state index in [2.05, 4.69) is 15.9 Å². The van der Waals surface area contributed by atoms with Crippen LogP contribution in [0.1, 0.15) is 25.3 Å². The number of rotatable bonds is 6. The quantitative estimate of drug-likeness (QED) is 0.756. The number of benzene rings is 1. The minimum absolute atomic E-state index is 0.362. The van der Waals surface area contributed by atoms with Gasteiger partial charge in [-0.2, -0.15) is 0 Å². The molecule has 0 fully saturated rings. The van der Waals surface area contributed by atoms with Crippen molar-refractivity contribution < 1.29 is 8.42 Å². The molecular formula is C12H18BrNO2S. The van der Waals surface area contributed by atoms with Gasteiger partial charge in [0.25, 0.3) is 0 Å². The Labute approximate surface area is 112 Å². The molecule has 0 saturated carbocycles. The van der Waals surface area contributed by atoms with Crippen molar-refractivity contribution >= 4 is 26.0 Å². The average molecular weight is 320 g/mol. The van der Waals surface area contributed by atoms with Gasteiger partial charge in [-0.15, -0.1) is 0 Å². The van der Waals surface area contributed by atoms with Gasteiger partial charge in [0.1, 0.15) is 0 Å². The van der Waals surface area contributed by atoms with Gasteiger partial charge in [-0.05, 0) is 24.1 Å². The smallest absolute Gasteiger partial charge is 0.207 e. The minimum atomic E-state index is -3.32. The molecule has 5 heteroatoms. The van der Waals surface area contributed by atoms with Gasteiger partial charge in [-0.1, -0.05) is 41.4 Å². The first-order valence-electron chi connectivity index (χ1n) is 5.63. The summed E-state index contributed by atoms with van der Waals surface area (Å²) in [6.07, 6.45) is 1.87. The van der Waals surface area contributed by atoms with Crippen LogP contribution in [0.15, 0.2) is 29.2 Å². The fourth-order valence-corrected chi connectivity index (χ4v) is 3.01. The molecule has 17 heavy (non-hydrogen) atoms. The van der Waals surface area contributed by atoms with Crippen LogP contribution in [0, 0.1) is 0 Å². The van der Waals surface area contributed by atoms with Crippen LogP contribution in [-0.4, -0.2) is 26.3 Å². The highest BCUT2D eigenvalue weighted by molar-refractivity contribution is 9.08. The summed E-state index contributed by atoms with van der Waals surface area (Å²) in [5.74, 6) is 0. The van der Waals surface area contributed by atoms with Crippen LogP contribution in [0.2, 0.25) is 0 Å². The van der Waals surface area contributed by atoms with E-state index in [1.54, 1.807) is 19.2 Å². The molecule has 1 rings (SSSR count). The Morgan fingerprint density at radius 1 is 1.24 bits per heavy atom. The molecule has 0 saturated heterocycles.